The molecule has 1 fully saturated rings. The van der Waals surface area contributed by atoms with Crippen molar-refractivity contribution in [3.8, 4) is 0 Å². The standard InChI is InChI=1S/C20H29FN4O2/c1-14(2)19-17(20(24(3)23-19)25-8-10-27-11-9-25)12-22-13-18(26)15-4-6-16(21)7-5-15/h4-7,14,18,22,26H,8-13H2,1-3H3. The fourth-order valence-electron chi connectivity index (χ4n) is 3.52. The molecule has 27 heavy (non-hydrogen) atoms. The number of rotatable bonds is 7. The number of ether oxygens (including phenoxy) is 1. The SMILES string of the molecule is CC(C)c1nn(C)c(N2CCOCC2)c1CNCC(O)c1ccc(F)cc1. The van der Waals surface area contributed by atoms with Gasteiger partial charge in [-0.1, -0.05) is 26.0 Å². The predicted octanol–water partition coefficient (Wildman–Crippen LogP) is 2.34. The van der Waals surface area contributed by atoms with E-state index in [2.05, 4.69) is 24.1 Å². The molecule has 1 aliphatic rings. The summed E-state index contributed by atoms with van der Waals surface area (Å²) in [5.74, 6) is 1.13. The molecule has 1 atom stereocenters. The Morgan fingerprint density at radius 1 is 1.22 bits per heavy atom. The van der Waals surface area contributed by atoms with Crippen LogP contribution in [0.2, 0.25) is 0 Å². The van der Waals surface area contributed by atoms with Crippen molar-refractivity contribution in [1.29, 1.82) is 0 Å². The highest BCUT2D eigenvalue weighted by molar-refractivity contribution is 5.51. The minimum absolute atomic E-state index is 0.300. The van der Waals surface area contributed by atoms with E-state index in [4.69, 9.17) is 9.84 Å². The molecular weight excluding hydrogens is 347 g/mol. The van der Waals surface area contributed by atoms with E-state index in [1.807, 2.05) is 11.7 Å². The first-order valence-corrected chi connectivity index (χ1v) is 9.50. The zero-order valence-electron chi connectivity index (χ0n) is 16.3. The Kier molecular flexibility index (Phi) is 6.46. The van der Waals surface area contributed by atoms with Crippen LogP contribution in [0.4, 0.5) is 10.2 Å². The van der Waals surface area contributed by atoms with Crippen LogP contribution in [0.15, 0.2) is 24.3 Å². The molecule has 1 aliphatic heterocycles. The minimum Gasteiger partial charge on any atom is -0.387 e. The first kappa shape index (κ1) is 19.8. The topological polar surface area (TPSA) is 62.5 Å². The van der Waals surface area contributed by atoms with E-state index in [1.165, 1.54) is 17.7 Å². The number of hydrogen-bond acceptors (Lipinski definition) is 5. The Hall–Kier alpha value is -1.96. The van der Waals surface area contributed by atoms with E-state index >= 15 is 0 Å². The maximum atomic E-state index is 13.0. The van der Waals surface area contributed by atoms with Crippen LogP contribution in [0, 0.1) is 5.82 Å². The second-order valence-corrected chi connectivity index (χ2v) is 7.26. The lowest BCUT2D eigenvalue weighted by atomic mass is 10.0. The highest BCUT2D eigenvalue weighted by Crippen LogP contribution is 2.29. The molecule has 3 rings (SSSR count). The fourth-order valence-corrected chi connectivity index (χ4v) is 3.52. The zero-order valence-corrected chi connectivity index (χ0v) is 16.3. The summed E-state index contributed by atoms with van der Waals surface area (Å²) in [6.07, 6.45) is -0.684. The van der Waals surface area contributed by atoms with Gasteiger partial charge in [-0.15, -0.1) is 0 Å². The first-order valence-electron chi connectivity index (χ1n) is 9.50. The van der Waals surface area contributed by atoms with Gasteiger partial charge in [0.05, 0.1) is 25.0 Å². The molecule has 148 valence electrons. The van der Waals surface area contributed by atoms with Gasteiger partial charge in [0.15, 0.2) is 0 Å². The zero-order chi connectivity index (χ0) is 19.4. The number of aromatic nitrogens is 2. The molecule has 0 aliphatic carbocycles. The van der Waals surface area contributed by atoms with E-state index in [-0.39, 0.29) is 5.82 Å². The highest BCUT2D eigenvalue weighted by atomic mass is 19.1. The van der Waals surface area contributed by atoms with Crippen LogP contribution in [0.5, 0.6) is 0 Å². The molecule has 1 aromatic heterocycles. The molecule has 6 nitrogen and oxygen atoms in total. The molecular formula is C20H29FN4O2. The third-order valence-electron chi connectivity index (χ3n) is 4.90. The number of hydrogen-bond donors (Lipinski definition) is 2. The largest absolute Gasteiger partial charge is 0.387 e. The van der Waals surface area contributed by atoms with Crippen LogP contribution in [0.1, 0.15) is 42.7 Å². The summed E-state index contributed by atoms with van der Waals surface area (Å²) in [4.78, 5) is 2.32. The Morgan fingerprint density at radius 2 is 1.89 bits per heavy atom. The maximum absolute atomic E-state index is 13.0. The number of aryl methyl sites for hydroxylation is 1. The summed E-state index contributed by atoms with van der Waals surface area (Å²) >= 11 is 0. The Bertz CT molecular complexity index is 739. The lowest BCUT2D eigenvalue weighted by Gasteiger charge is -2.29. The lowest BCUT2D eigenvalue weighted by Crippen LogP contribution is -2.38. The van der Waals surface area contributed by atoms with E-state index in [0.29, 0.717) is 24.6 Å². The van der Waals surface area contributed by atoms with Crippen molar-refractivity contribution in [3.63, 3.8) is 0 Å². The van der Waals surface area contributed by atoms with Crippen molar-refractivity contribution in [3.05, 3.63) is 46.9 Å². The van der Waals surface area contributed by atoms with E-state index < -0.39 is 6.10 Å². The summed E-state index contributed by atoms with van der Waals surface area (Å²) in [7, 11) is 1.98. The molecule has 2 N–H and O–H groups in total. The third-order valence-corrected chi connectivity index (χ3v) is 4.90. The summed E-state index contributed by atoms with van der Waals surface area (Å²) < 4.78 is 20.5. The van der Waals surface area contributed by atoms with Crippen molar-refractivity contribution in [2.75, 3.05) is 37.7 Å². The second-order valence-electron chi connectivity index (χ2n) is 7.26. The van der Waals surface area contributed by atoms with Gasteiger partial charge in [-0.25, -0.2) is 4.39 Å². The second kappa shape index (κ2) is 8.82. The van der Waals surface area contributed by atoms with Crippen molar-refractivity contribution in [2.45, 2.75) is 32.4 Å². The molecule has 0 saturated carbocycles. The molecule has 2 heterocycles. The van der Waals surface area contributed by atoms with Gasteiger partial charge in [0.2, 0.25) is 0 Å². The van der Waals surface area contributed by atoms with Crippen LogP contribution in [-0.2, 0) is 18.3 Å². The fraction of sp³-hybridized carbons (Fsp3) is 0.550. The number of nitrogens with zero attached hydrogens (tertiary/aromatic N) is 3. The third kappa shape index (κ3) is 4.66. The van der Waals surface area contributed by atoms with Crippen molar-refractivity contribution in [1.82, 2.24) is 15.1 Å². The smallest absolute Gasteiger partial charge is 0.131 e. The van der Waals surface area contributed by atoms with Crippen LogP contribution in [0.3, 0.4) is 0 Å². The van der Waals surface area contributed by atoms with Crippen LogP contribution < -0.4 is 10.2 Å². The van der Waals surface area contributed by atoms with Gasteiger partial charge in [0, 0.05) is 38.8 Å². The summed E-state index contributed by atoms with van der Waals surface area (Å²) in [6, 6.07) is 5.97. The number of halogens is 1. The minimum atomic E-state index is -0.684. The molecule has 0 bridgehead atoms. The quantitative estimate of drug-likeness (QED) is 0.777. The van der Waals surface area contributed by atoms with Gasteiger partial charge in [0.1, 0.15) is 11.6 Å². The Balaban J connectivity index is 1.71. The molecule has 2 aromatic rings. The molecule has 1 saturated heterocycles. The maximum Gasteiger partial charge on any atom is 0.131 e. The molecule has 1 aromatic carbocycles. The molecule has 0 spiro atoms. The van der Waals surface area contributed by atoms with Gasteiger partial charge in [-0.05, 0) is 23.6 Å². The van der Waals surface area contributed by atoms with Crippen LogP contribution in [-0.4, -0.2) is 47.7 Å². The molecule has 0 amide bonds. The number of nitrogens with one attached hydrogen (secondary N) is 1. The molecule has 1 unspecified atom stereocenters. The predicted molar refractivity (Wildman–Crippen MR) is 103 cm³/mol. The lowest BCUT2D eigenvalue weighted by molar-refractivity contribution is 0.122. The van der Waals surface area contributed by atoms with Crippen molar-refractivity contribution < 1.29 is 14.2 Å². The van der Waals surface area contributed by atoms with Gasteiger partial charge in [-0.3, -0.25) is 4.68 Å². The number of morpholine rings is 1. The normalized spacial score (nSPS) is 16.1. The van der Waals surface area contributed by atoms with Crippen LogP contribution in [0.25, 0.3) is 0 Å². The highest BCUT2D eigenvalue weighted by Gasteiger charge is 2.24. The Morgan fingerprint density at radius 3 is 2.52 bits per heavy atom. The van der Waals surface area contributed by atoms with Crippen LogP contribution >= 0.6 is 0 Å². The summed E-state index contributed by atoms with van der Waals surface area (Å²) in [5, 5.41) is 18.4. The Labute approximate surface area is 159 Å². The first-order chi connectivity index (χ1) is 13.0. The number of aliphatic hydroxyl groups excluding tert-OH is 1. The molecule has 7 heteroatoms. The number of benzene rings is 1. The van der Waals surface area contributed by atoms with Gasteiger partial charge in [0.25, 0.3) is 0 Å². The average Bonchev–Trinajstić information content (AvgIpc) is 2.99. The molecule has 0 radical (unpaired) electrons. The van der Waals surface area contributed by atoms with Gasteiger partial charge in [-0.2, -0.15) is 5.10 Å². The van der Waals surface area contributed by atoms with E-state index in [1.54, 1.807) is 12.1 Å². The number of anilines is 1. The van der Waals surface area contributed by atoms with Gasteiger partial charge < -0.3 is 20.1 Å². The van der Waals surface area contributed by atoms with Crippen molar-refractivity contribution in [2.24, 2.45) is 7.05 Å². The number of aliphatic hydroxyl groups is 1. The van der Waals surface area contributed by atoms with E-state index in [0.717, 1.165) is 37.8 Å². The monoisotopic (exact) mass is 376 g/mol. The average molecular weight is 376 g/mol. The summed E-state index contributed by atoms with van der Waals surface area (Å²) in [6.45, 7) is 8.43. The van der Waals surface area contributed by atoms with Gasteiger partial charge >= 0.3 is 0 Å². The van der Waals surface area contributed by atoms with Crippen molar-refractivity contribution >= 4 is 5.82 Å². The van der Waals surface area contributed by atoms with E-state index in [9.17, 15) is 9.50 Å². The summed E-state index contributed by atoms with van der Waals surface area (Å²) in [5.41, 5.74) is 2.94.